The Morgan fingerprint density at radius 3 is 1.52 bits per heavy atom. The molecular formula is C25H26BNO2. The maximum absolute atomic E-state index is 6.01. The van der Waals surface area contributed by atoms with Gasteiger partial charge in [0.2, 0.25) is 0 Å². The maximum Gasteiger partial charge on any atom is 0.563 e. The first-order valence-electron chi connectivity index (χ1n) is 9.91. The number of hydrogen-bond acceptors (Lipinski definition) is 3. The molecule has 0 N–H and O–H groups in total. The van der Waals surface area contributed by atoms with Crippen molar-refractivity contribution in [3.05, 3.63) is 96.3 Å². The van der Waals surface area contributed by atoms with Crippen molar-refractivity contribution in [2.45, 2.75) is 33.3 Å². The van der Waals surface area contributed by atoms with Gasteiger partial charge in [0.25, 0.3) is 0 Å². The first kappa shape index (κ1) is 19.3. The van der Waals surface area contributed by atoms with Gasteiger partial charge in [0.1, 0.15) is 5.60 Å². The molecule has 0 aromatic heterocycles. The molecule has 0 saturated carbocycles. The molecule has 4 rings (SSSR count). The summed E-state index contributed by atoms with van der Waals surface area (Å²) in [5.74, 6) is 0.660. The quantitative estimate of drug-likeness (QED) is 0.531. The van der Waals surface area contributed by atoms with Gasteiger partial charge in [0.05, 0.1) is 5.76 Å². The molecule has 3 aromatic carbocycles. The first-order valence-corrected chi connectivity index (χ1v) is 9.91. The number of anilines is 3. The summed E-state index contributed by atoms with van der Waals surface area (Å²) in [6.07, 6.45) is 0. The maximum atomic E-state index is 6.01. The third-order valence-corrected chi connectivity index (χ3v) is 5.33. The summed E-state index contributed by atoms with van der Waals surface area (Å²) in [6, 6.07) is 25.5. The van der Waals surface area contributed by atoms with Gasteiger partial charge in [0.15, 0.2) is 0 Å². The van der Waals surface area contributed by atoms with Crippen LogP contribution in [0.3, 0.4) is 0 Å². The monoisotopic (exact) mass is 383 g/mol. The third-order valence-electron chi connectivity index (χ3n) is 5.33. The van der Waals surface area contributed by atoms with Crippen molar-refractivity contribution in [2.24, 2.45) is 0 Å². The van der Waals surface area contributed by atoms with Crippen molar-refractivity contribution in [1.82, 2.24) is 0 Å². The minimum absolute atomic E-state index is 0.418. The highest BCUT2D eigenvalue weighted by atomic mass is 16.7. The molecule has 1 saturated heterocycles. The molecule has 3 aromatic rings. The topological polar surface area (TPSA) is 21.7 Å². The lowest BCUT2D eigenvalue weighted by Gasteiger charge is -2.26. The van der Waals surface area contributed by atoms with E-state index < -0.39 is 12.7 Å². The van der Waals surface area contributed by atoms with Crippen molar-refractivity contribution in [1.29, 1.82) is 0 Å². The molecule has 4 heteroatoms. The molecule has 0 radical (unpaired) electrons. The van der Waals surface area contributed by atoms with Gasteiger partial charge >= 0.3 is 7.12 Å². The minimum atomic E-state index is -0.473. The van der Waals surface area contributed by atoms with Crippen molar-refractivity contribution >= 4 is 29.6 Å². The van der Waals surface area contributed by atoms with E-state index in [-0.39, 0.29) is 0 Å². The normalized spacial score (nSPS) is 15.3. The number of aryl methyl sites for hydroxylation is 2. The van der Waals surface area contributed by atoms with Crippen LogP contribution in [-0.2, 0) is 9.31 Å². The fourth-order valence-corrected chi connectivity index (χ4v) is 3.38. The molecule has 0 unspecified atom stereocenters. The lowest BCUT2D eigenvalue weighted by molar-refractivity contribution is 0.173. The average molecular weight is 383 g/mol. The highest BCUT2D eigenvalue weighted by Crippen LogP contribution is 2.35. The Bertz CT molecular complexity index is 963. The van der Waals surface area contributed by atoms with Crippen molar-refractivity contribution < 1.29 is 9.31 Å². The Morgan fingerprint density at radius 2 is 1.14 bits per heavy atom. The predicted molar refractivity (Wildman–Crippen MR) is 121 cm³/mol. The molecular weight excluding hydrogens is 357 g/mol. The first-order chi connectivity index (χ1) is 13.8. The second-order valence-electron chi connectivity index (χ2n) is 8.10. The van der Waals surface area contributed by atoms with Crippen molar-refractivity contribution in [3.8, 4) is 0 Å². The second-order valence-corrected chi connectivity index (χ2v) is 8.10. The van der Waals surface area contributed by atoms with Crippen LogP contribution in [0.25, 0.3) is 0 Å². The van der Waals surface area contributed by atoms with E-state index >= 15 is 0 Å². The SMILES string of the molecule is C=C1OB(c2ccc(N(c3ccc(C)cc3)c3ccc(C)cc3)cc2)OC1(C)C. The molecule has 146 valence electrons. The van der Waals surface area contributed by atoms with E-state index in [1.807, 2.05) is 13.8 Å². The minimum Gasteiger partial charge on any atom is -0.534 e. The molecule has 0 bridgehead atoms. The van der Waals surface area contributed by atoms with Gasteiger partial charge in [-0.15, -0.1) is 0 Å². The zero-order chi connectivity index (χ0) is 20.6. The third kappa shape index (κ3) is 3.94. The average Bonchev–Trinajstić information content (AvgIpc) is 2.98. The van der Waals surface area contributed by atoms with Crippen LogP contribution in [0.1, 0.15) is 25.0 Å². The van der Waals surface area contributed by atoms with Gasteiger partial charge < -0.3 is 14.2 Å². The number of benzene rings is 3. The van der Waals surface area contributed by atoms with Crippen LogP contribution in [0.5, 0.6) is 0 Å². The summed E-state index contributed by atoms with van der Waals surface area (Å²) >= 11 is 0. The lowest BCUT2D eigenvalue weighted by Crippen LogP contribution is -2.34. The van der Waals surface area contributed by atoms with Gasteiger partial charge in [-0.3, -0.25) is 0 Å². The lowest BCUT2D eigenvalue weighted by atomic mass is 9.79. The van der Waals surface area contributed by atoms with E-state index in [9.17, 15) is 0 Å². The van der Waals surface area contributed by atoms with Crippen molar-refractivity contribution in [3.63, 3.8) is 0 Å². The van der Waals surface area contributed by atoms with Crippen LogP contribution in [0, 0.1) is 13.8 Å². The van der Waals surface area contributed by atoms with Crippen LogP contribution in [-0.4, -0.2) is 12.7 Å². The summed E-state index contributed by atoms with van der Waals surface area (Å²) in [4.78, 5) is 2.25. The van der Waals surface area contributed by atoms with E-state index in [1.54, 1.807) is 0 Å². The molecule has 0 atom stereocenters. The van der Waals surface area contributed by atoms with E-state index in [0.717, 1.165) is 22.5 Å². The number of rotatable bonds is 4. The largest absolute Gasteiger partial charge is 0.563 e. The smallest absolute Gasteiger partial charge is 0.534 e. The summed E-state index contributed by atoms with van der Waals surface area (Å²) in [5.41, 5.74) is 6.31. The van der Waals surface area contributed by atoms with E-state index in [2.05, 4.69) is 98.1 Å². The molecule has 1 fully saturated rings. The zero-order valence-electron chi connectivity index (χ0n) is 17.5. The molecule has 29 heavy (non-hydrogen) atoms. The Hall–Kier alpha value is -2.98. The molecule has 0 spiro atoms. The number of nitrogens with zero attached hydrogens (tertiary/aromatic N) is 1. The van der Waals surface area contributed by atoms with Gasteiger partial charge in [-0.1, -0.05) is 54.1 Å². The van der Waals surface area contributed by atoms with E-state index in [0.29, 0.717) is 5.76 Å². The van der Waals surface area contributed by atoms with E-state index in [4.69, 9.17) is 9.31 Å². The molecule has 1 heterocycles. The van der Waals surface area contributed by atoms with Crippen molar-refractivity contribution in [2.75, 3.05) is 4.90 Å². The zero-order valence-corrected chi connectivity index (χ0v) is 17.5. The summed E-state index contributed by atoms with van der Waals surface area (Å²) in [6.45, 7) is 12.1. The summed E-state index contributed by atoms with van der Waals surface area (Å²) in [7, 11) is -0.418. The molecule has 1 aliphatic rings. The molecule has 3 nitrogen and oxygen atoms in total. The van der Waals surface area contributed by atoms with Gasteiger partial charge in [-0.2, -0.15) is 0 Å². The standard InChI is InChI=1S/C25H26BNO2/c1-18-6-12-22(13-7-18)27(23-14-8-19(2)9-15-23)24-16-10-21(11-17-24)26-28-20(3)25(4,5)29-26/h6-17H,3H2,1-2,4-5H3. The van der Waals surface area contributed by atoms with Crippen LogP contribution in [0.2, 0.25) is 0 Å². The van der Waals surface area contributed by atoms with Crippen LogP contribution < -0.4 is 10.4 Å². The Kier molecular flexibility index (Phi) is 4.97. The van der Waals surface area contributed by atoms with E-state index in [1.165, 1.54) is 11.1 Å². The Balaban J connectivity index is 1.69. The number of hydrogen-bond donors (Lipinski definition) is 0. The summed E-state index contributed by atoms with van der Waals surface area (Å²) < 4.78 is 11.8. The fraction of sp³-hybridized carbons (Fsp3) is 0.200. The summed E-state index contributed by atoms with van der Waals surface area (Å²) in [5, 5.41) is 0. The van der Waals surface area contributed by atoms with Crippen LogP contribution >= 0.6 is 0 Å². The van der Waals surface area contributed by atoms with Gasteiger partial charge in [-0.05, 0) is 69.6 Å². The van der Waals surface area contributed by atoms with Gasteiger partial charge in [0, 0.05) is 17.1 Å². The van der Waals surface area contributed by atoms with Crippen LogP contribution in [0.4, 0.5) is 17.1 Å². The Labute approximate surface area is 173 Å². The highest BCUT2D eigenvalue weighted by molar-refractivity contribution is 6.62. The predicted octanol–water partition coefficient (Wildman–Crippen LogP) is 5.81. The van der Waals surface area contributed by atoms with Gasteiger partial charge in [-0.25, -0.2) is 0 Å². The van der Waals surface area contributed by atoms with Crippen LogP contribution in [0.15, 0.2) is 85.1 Å². The molecule has 0 aliphatic carbocycles. The highest BCUT2D eigenvalue weighted by Gasteiger charge is 2.42. The second kappa shape index (κ2) is 7.45. The Morgan fingerprint density at radius 1 is 0.724 bits per heavy atom. The fourth-order valence-electron chi connectivity index (χ4n) is 3.38. The molecule has 0 amide bonds. The molecule has 1 aliphatic heterocycles.